The van der Waals surface area contributed by atoms with Gasteiger partial charge in [-0.15, -0.1) is 0 Å². The summed E-state index contributed by atoms with van der Waals surface area (Å²) in [5.41, 5.74) is 0. The van der Waals surface area contributed by atoms with Crippen molar-refractivity contribution in [2.75, 3.05) is 0 Å². The minimum Gasteiger partial charge on any atom is -0.513 e. The first kappa shape index (κ1) is 49.8. The maximum atomic E-state index is 8.86. The fourth-order valence-corrected chi connectivity index (χ4v) is 2.52. The molecule has 2 fully saturated rings. The summed E-state index contributed by atoms with van der Waals surface area (Å²) in [5.74, 6) is 1.63. The average Bonchev–Trinajstić information content (AvgIpc) is 2.93. The molecule has 2 N–H and O–H groups in total. The molecule has 0 bridgehead atoms. The van der Waals surface area contributed by atoms with Gasteiger partial charge in [-0.1, -0.05) is 38.8 Å². The van der Waals surface area contributed by atoms with Gasteiger partial charge in [0.1, 0.15) is 0 Å². The van der Waals surface area contributed by atoms with Gasteiger partial charge in [0, 0.05) is 11.8 Å². The molecule has 0 amide bonds. The zero-order valence-corrected chi connectivity index (χ0v) is 22.0. The molecule has 4 heteroatoms. The third-order valence-corrected chi connectivity index (χ3v) is 3.65. The molecule has 0 spiro atoms. The Balaban J connectivity index is -0.0000000267. The van der Waals surface area contributed by atoms with Crippen molar-refractivity contribution in [2.24, 2.45) is 11.8 Å². The monoisotopic (exact) mass is 494 g/mol. The summed E-state index contributed by atoms with van der Waals surface area (Å²) in [5, 5.41) is 17.7. The quantitative estimate of drug-likeness (QED) is 0.313. The molecule has 2 aliphatic carbocycles. The topological polar surface area (TPSA) is 40.5 Å². The van der Waals surface area contributed by atoms with Crippen LogP contribution in [0, 0.1) is 56.4 Å². The first-order chi connectivity index (χ1) is 7.61. The summed E-state index contributed by atoms with van der Waals surface area (Å²) >= 11 is 0. The summed E-state index contributed by atoms with van der Waals surface area (Å²) < 4.78 is 0. The molecule has 0 aliphatic heterocycles. The van der Waals surface area contributed by atoms with E-state index >= 15 is 0 Å². The number of allylic oxidation sites excluding steroid dienone is 2. The van der Waals surface area contributed by atoms with E-state index in [-0.39, 0.29) is 97.0 Å². The Morgan fingerprint density at radius 2 is 0.708 bits per heavy atom. The van der Waals surface area contributed by atoms with E-state index in [9.17, 15) is 0 Å². The predicted octanol–water partition coefficient (Wildman–Crippen LogP) is 7.19. The maximum absolute atomic E-state index is 8.86. The zero-order chi connectivity index (χ0) is 12.0. The van der Waals surface area contributed by atoms with Crippen LogP contribution in [0.2, 0.25) is 0 Å². The van der Waals surface area contributed by atoms with E-state index in [2.05, 4.69) is 13.2 Å². The van der Waals surface area contributed by atoms with Gasteiger partial charge >= 0.3 is 52.4 Å². The molecular weight excluding hydrogens is 455 g/mol. The summed E-state index contributed by atoms with van der Waals surface area (Å²) in [6.45, 7) is 6.99. The molecule has 0 aromatic rings. The van der Waals surface area contributed by atoms with Gasteiger partial charge in [-0.3, -0.25) is 0 Å². The summed E-state index contributed by atoms with van der Waals surface area (Å²) in [6, 6.07) is 0. The van der Waals surface area contributed by atoms with Crippen molar-refractivity contribution in [1.82, 2.24) is 0 Å². The Bertz CT molecular complexity index is 218. The molecule has 142 valence electrons. The number of rotatable bonds is 2. The second-order valence-electron chi connectivity index (χ2n) is 4.95. The molecule has 2 saturated carbocycles. The normalized spacial score (nSPS) is 14.3. The molecule has 0 saturated heterocycles. The van der Waals surface area contributed by atoms with Crippen LogP contribution in [0.1, 0.15) is 51.4 Å². The van der Waals surface area contributed by atoms with Crippen LogP contribution in [0.4, 0.5) is 0 Å². The molecule has 2 nitrogen and oxygen atoms in total. The average molecular weight is 497 g/mol. The van der Waals surface area contributed by atoms with Crippen molar-refractivity contribution in [3.8, 4) is 0 Å². The second kappa shape index (κ2) is 28.6. The minimum atomic E-state index is 0. The van der Waals surface area contributed by atoms with Gasteiger partial charge in [0.05, 0.1) is 11.5 Å². The Morgan fingerprint density at radius 1 is 0.542 bits per heavy atom. The van der Waals surface area contributed by atoms with E-state index in [0.29, 0.717) is 23.4 Å². The molecular formula is C20H42O2Zr2. The third kappa shape index (κ3) is 20.9. The van der Waals surface area contributed by atoms with Crippen LogP contribution in [0.15, 0.2) is 24.7 Å². The Kier molecular flexibility index (Phi) is 59.4. The molecule has 2 aliphatic rings. The number of aliphatic hydroxyl groups is 2. The van der Waals surface area contributed by atoms with Crippen molar-refractivity contribution >= 4 is 0 Å². The molecule has 0 unspecified atom stereocenters. The fourth-order valence-electron chi connectivity index (χ4n) is 2.52. The van der Waals surface area contributed by atoms with Gasteiger partial charge in [0.15, 0.2) is 0 Å². The van der Waals surface area contributed by atoms with Crippen LogP contribution in [0.3, 0.4) is 0 Å². The molecule has 2 radical (unpaired) electrons. The molecule has 2 rings (SSSR count). The standard InChI is InChI=1S/2C7H12O.6CH3.2Zr/c2*1-6(8)7-4-2-3-5-7;;;;;;;;/h2*7-8H,1-5H2;6*1H3;;/q;;6*-1;2*+3. The fraction of sp³-hybridized carbons (Fsp3) is 0.500. The predicted molar refractivity (Wildman–Crippen MR) is 106 cm³/mol. The molecule has 0 aromatic heterocycles. The van der Waals surface area contributed by atoms with Gasteiger partial charge < -0.3 is 54.8 Å². The summed E-state index contributed by atoms with van der Waals surface area (Å²) in [4.78, 5) is 0. The number of aliphatic hydroxyl groups excluding tert-OH is 2. The first-order valence-corrected chi connectivity index (χ1v) is 6.36. The molecule has 0 aromatic carbocycles. The largest absolute Gasteiger partial charge is 3.00 e. The van der Waals surface area contributed by atoms with Gasteiger partial charge in [-0.2, -0.15) is 0 Å². The van der Waals surface area contributed by atoms with Crippen LogP contribution in [0.5, 0.6) is 0 Å². The Labute approximate surface area is 193 Å². The van der Waals surface area contributed by atoms with Crippen LogP contribution in [0.25, 0.3) is 0 Å². The minimum absolute atomic E-state index is 0. The van der Waals surface area contributed by atoms with E-state index in [1.807, 2.05) is 0 Å². The van der Waals surface area contributed by atoms with Gasteiger partial charge in [0.25, 0.3) is 0 Å². The van der Waals surface area contributed by atoms with Crippen LogP contribution in [-0.2, 0) is 52.4 Å². The van der Waals surface area contributed by atoms with Crippen molar-refractivity contribution in [3.63, 3.8) is 0 Å². The maximum Gasteiger partial charge on any atom is 3.00 e. The van der Waals surface area contributed by atoms with Crippen molar-refractivity contribution < 1.29 is 62.6 Å². The zero-order valence-electron chi connectivity index (χ0n) is 17.1. The number of hydrogen-bond acceptors (Lipinski definition) is 2. The summed E-state index contributed by atoms with van der Waals surface area (Å²) in [7, 11) is 0. The second-order valence-corrected chi connectivity index (χ2v) is 4.95. The van der Waals surface area contributed by atoms with Gasteiger partial charge in [0.2, 0.25) is 0 Å². The van der Waals surface area contributed by atoms with E-state index < -0.39 is 0 Å². The van der Waals surface area contributed by atoms with Gasteiger partial charge in [-0.25, -0.2) is 0 Å². The van der Waals surface area contributed by atoms with E-state index in [0.717, 1.165) is 25.7 Å². The Hall–Kier alpha value is 0.846. The van der Waals surface area contributed by atoms with E-state index in [4.69, 9.17) is 10.2 Å². The van der Waals surface area contributed by atoms with Crippen LogP contribution >= 0.6 is 0 Å². The molecule has 0 atom stereocenters. The van der Waals surface area contributed by atoms with E-state index in [1.54, 1.807) is 0 Å². The van der Waals surface area contributed by atoms with Crippen LogP contribution < -0.4 is 0 Å². The van der Waals surface area contributed by atoms with E-state index in [1.165, 1.54) is 25.7 Å². The molecule has 24 heavy (non-hydrogen) atoms. The summed E-state index contributed by atoms with van der Waals surface area (Å²) in [6.07, 6.45) is 9.66. The Morgan fingerprint density at radius 3 is 0.792 bits per heavy atom. The molecule has 0 heterocycles. The van der Waals surface area contributed by atoms with Gasteiger partial charge in [-0.05, 0) is 25.7 Å². The number of hydrogen-bond donors (Lipinski definition) is 2. The first-order valence-electron chi connectivity index (χ1n) is 6.36. The third-order valence-electron chi connectivity index (χ3n) is 3.65. The van der Waals surface area contributed by atoms with Crippen LogP contribution in [-0.4, -0.2) is 10.2 Å². The van der Waals surface area contributed by atoms with Crippen molar-refractivity contribution in [2.45, 2.75) is 51.4 Å². The SMILES string of the molecule is C=C(O)C1CCCC1.C=C(O)C1CCCC1.[CH3-].[CH3-].[CH3-].[CH3-].[CH3-].[CH3-].[Zr+3].[Zr+3]. The smallest absolute Gasteiger partial charge is 0.513 e. The van der Waals surface area contributed by atoms with Crippen molar-refractivity contribution in [1.29, 1.82) is 0 Å². The van der Waals surface area contributed by atoms with Crippen molar-refractivity contribution in [3.05, 3.63) is 69.2 Å².